The number of benzene rings is 1. The summed E-state index contributed by atoms with van der Waals surface area (Å²) >= 11 is 0. The summed E-state index contributed by atoms with van der Waals surface area (Å²) in [5.41, 5.74) is 0.310. The molecular weight excluding hydrogens is 286 g/mol. The highest BCUT2D eigenvalue weighted by Gasteiger charge is 2.15. The fourth-order valence-electron chi connectivity index (χ4n) is 3.00. The Morgan fingerprint density at radius 1 is 1.32 bits per heavy atom. The normalized spacial score (nSPS) is 15.0. The van der Waals surface area contributed by atoms with Crippen molar-refractivity contribution < 1.29 is 13.6 Å². The molecule has 0 unspecified atom stereocenters. The van der Waals surface area contributed by atoms with E-state index in [4.69, 9.17) is 0 Å². The van der Waals surface area contributed by atoms with E-state index >= 15 is 0 Å². The van der Waals surface area contributed by atoms with Crippen molar-refractivity contribution in [1.82, 2.24) is 10.2 Å². The van der Waals surface area contributed by atoms with E-state index in [9.17, 15) is 13.6 Å². The molecule has 0 aliphatic heterocycles. The summed E-state index contributed by atoms with van der Waals surface area (Å²) in [6.45, 7) is 0.770. The molecule has 1 aliphatic rings. The smallest absolute Gasteiger partial charge is 0.317 e. The molecule has 122 valence electrons. The Morgan fingerprint density at radius 3 is 2.73 bits per heavy atom. The molecule has 1 aromatic rings. The molecule has 22 heavy (non-hydrogen) atoms. The quantitative estimate of drug-likeness (QED) is 0.789. The molecule has 1 aromatic carbocycles. The first kappa shape index (κ1) is 16.7. The molecule has 0 atom stereocenters. The number of hydrogen-bond acceptors (Lipinski definition) is 1. The van der Waals surface area contributed by atoms with Crippen molar-refractivity contribution in [3.8, 4) is 0 Å². The number of urea groups is 1. The lowest BCUT2D eigenvalue weighted by atomic mass is 10.0. The zero-order valence-electron chi connectivity index (χ0n) is 13.1. The SMILES string of the molecule is CN(Cc1ccc(F)cc1F)C(=O)NCCCC1CCCC1. The van der Waals surface area contributed by atoms with E-state index in [0.717, 1.165) is 24.8 Å². The molecule has 1 aliphatic carbocycles. The van der Waals surface area contributed by atoms with Crippen LogP contribution in [0.5, 0.6) is 0 Å². The van der Waals surface area contributed by atoms with Crippen LogP contribution >= 0.6 is 0 Å². The molecule has 0 spiro atoms. The first-order chi connectivity index (χ1) is 10.6. The Morgan fingerprint density at radius 2 is 2.05 bits per heavy atom. The fraction of sp³-hybridized carbons (Fsp3) is 0.588. The van der Waals surface area contributed by atoms with Gasteiger partial charge in [0.2, 0.25) is 0 Å². The van der Waals surface area contributed by atoms with Crippen molar-refractivity contribution in [2.24, 2.45) is 5.92 Å². The van der Waals surface area contributed by atoms with Crippen molar-refractivity contribution in [1.29, 1.82) is 0 Å². The van der Waals surface area contributed by atoms with Gasteiger partial charge in [0, 0.05) is 31.8 Å². The Kier molecular flexibility index (Phi) is 6.16. The van der Waals surface area contributed by atoms with Crippen LogP contribution in [0.2, 0.25) is 0 Å². The Labute approximate surface area is 130 Å². The van der Waals surface area contributed by atoms with E-state index in [1.54, 1.807) is 7.05 Å². The molecule has 0 saturated heterocycles. The van der Waals surface area contributed by atoms with E-state index in [0.29, 0.717) is 12.1 Å². The number of halogens is 2. The average molecular weight is 310 g/mol. The summed E-state index contributed by atoms with van der Waals surface area (Å²) in [6.07, 6.45) is 7.45. The maximum Gasteiger partial charge on any atom is 0.317 e. The third kappa shape index (κ3) is 4.97. The minimum atomic E-state index is -0.624. The summed E-state index contributed by atoms with van der Waals surface area (Å²) < 4.78 is 26.4. The van der Waals surface area contributed by atoms with Gasteiger partial charge in [0.1, 0.15) is 11.6 Å². The second kappa shape index (κ2) is 8.11. The first-order valence-electron chi connectivity index (χ1n) is 7.99. The van der Waals surface area contributed by atoms with Gasteiger partial charge in [0.25, 0.3) is 0 Å². The Balaban J connectivity index is 1.69. The van der Waals surface area contributed by atoms with Gasteiger partial charge in [-0.05, 0) is 24.8 Å². The Hall–Kier alpha value is -1.65. The third-order valence-corrected chi connectivity index (χ3v) is 4.31. The molecule has 0 radical (unpaired) electrons. The number of nitrogens with zero attached hydrogens (tertiary/aromatic N) is 1. The van der Waals surface area contributed by atoms with Crippen molar-refractivity contribution >= 4 is 6.03 Å². The largest absolute Gasteiger partial charge is 0.338 e. The molecule has 0 aromatic heterocycles. The topological polar surface area (TPSA) is 32.3 Å². The van der Waals surface area contributed by atoms with E-state index in [1.807, 2.05) is 0 Å². The fourth-order valence-corrected chi connectivity index (χ4v) is 3.00. The molecule has 1 fully saturated rings. The van der Waals surface area contributed by atoms with Gasteiger partial charge in [0.15, 0.2) is 0 Å². The van der Waals surface area contributed by atoms with Crippen LogP contribution in [0.3, 0.4) is 0 Å². The number of carbonyl (C=O) groups excluding carboxylic acids is 1. The highest BCUT2D eigenvalue weighted by atomic mass is 19.1. The third-order valence-electron chi connectivity index (χ3n) is 4.31. The molecule has 1 N–H and O–H groups in total. The number of hydrogen-bond donors (Lipinski definition) is 1. The second-order valence-electron chi connectivity index (χ2n) is 6.12. The van der Waals surface area contributed by atoms with Gasteiger partial charge >= 0.3 is 6.03 Å². The lowest BCUT2D eigenvalue weighted by Gasteiger charge is -2.18. The van der Waals surface area contributed by atoms with Gasteiger partial charge in [0.05, 0.1) is 0 Å². The van der Waals surface area contributed by atoms with Crippen LogP contribution in [0.1, 0.15) is 44.1 Å². The van der Waals surface area contributed by atoms with E-state index in [-0.39, 0.29) is 12.6 Å². The van der Waals surface area contributed by atoms with Crippen molar-refractivity contribution in [2.45, 2.75) is 45.1 Å². The van der Waals surface area contributed by atoms with Gasteiger partial charge < -0.3 is 10.2 Å². The summed E-state index contributed by atoms with van der Waals surface area (Å²) in [4.78, 5) is 13.3. The lowest BCUT2D eigenvalue weighted by Crippen LogP contribution is -2.37. The number of carbonyl (C=O) groups is 1. The molecule has 2 amide bonds. The molecular formula is C17H24F2N2O. The van der Waals surface area contributed by atoms with Crippen LogP contribution < -0.4 is 5.32 Å². The standard InChI is InChI=1S/C17H24F2N2O/c1-21(12-14-8-9-15(18)11-16(14)19)17(22)20-10-4-7-13-5-2-3-6-13/h8-9,11,13H,2-7,10,12H2,1H3,(H,20,22). The van der Waals surface area contributed by atoms with Crippen molar-refractivity contribution in [3.05, 3.63) is 35.4 Å². The van der Waals surface area contributed by atoms with Gasteiger partial charge in [-0.15, -0.1) is 0 Å². The summed E-state index contributed by atoms with van der Waals surface area (Å²) in [5, 5.41) is 2.85. The minimum Gasteiger partial charge on any atom is -0.338 e. The van der Waals surface area contributed by atoms with Crippen LogP contribution in [0.25, 0.3) is 0 Å². The van der Waals surface area contributed by atoms with Crippen molar-refractivity contribution in [3.63, 3.8) is 0 Å². The molecule has 5 heteroatoms. The molecule has 2 rings (SSSR count). The summed E-state index contributed by atoms with van der Waals surface area (Å²) in [7, 11) is 1.61. The van der Waals surface area contributed by atoms with Crippen LogP contribution in [0.4, 0.5) is 13.6 Å². The van der Waals surface area contributed by atoms with Gasteiger partial charge in [-0.2, -0.15) is 0 Å². The van der Waals surface area contributed by atoms with Crippen LogP contribution in [0, 0.1) is 17.6 Å². The maximum atomic E-state index is 13.6. The number of nitrogens with one attached hydrogen (secondary N) is 1. The zero-order valence-corrected chi connectivity index (χ0v) is 13.1. The second-order valence-corrected chi connectivity index (χ2v) is 6.12. The Bertz CT molecular complexity index is 501. The number of amides is 2. The van der Waals surface area contributed by atoms with Gasteiger partial charge in [-0.25, -0.2) is 13.6 Å². The van der Waals surface area contributed by atoms with E-state index < -0.39 is 11.6 Å². The predicted octanol–water partition coefficient (Wildman–Crippen LogP) is 4.08. The highest BCUT2D eigenvalue weighted by Crippen LogP contribution is 2.28. The number of rotatable bonds is 6. The zero-order chi connectivity index (χ0) is 15.9. The summed E-state index contributed by atoms with van der Waals surface area (Å²) in [6, 6.07) is 3.18. The maximum absolute atomic E-state index is 13.6. The molecule has 0 heterocycles. The monoisotopic (exact) mass is 310 g/mol. The van der Waals surface area contributed by atoms with Crippen LogP contribution in [-0.4, -0.2) is 24.5 Å². The summed E-state index contributed by atoms with van der Waals surface area (Å²) in [5.74, 6) is -0.413. The van der Waals surface area contributed by atoms with E-state index in [1.165, 1.54) is 42.7 Å². The molecule has 0 bridgehead atoms. The minimum absolute atomic E-state index is 0.126. The highest BCUT2D eigenvalue weighted by molar-refractivity contribution is 5.73. The predicted molar refractivity (Wildman–Crippen MR) is 82.4 cm³/mol. The average Bonchev–Trinajstić information content (AvgIpc) is 2.99. The first-order valence-corrected chi connectivity index (χ1v) is 7.99. The van der Waals surface area contributed by atoms with Gasteiger partial charge in [-0.1, -0.05) is 31.7 Å². The van der Waals surface area contributed by atoms with Crippen LogP contribution in [-0.2, 0) is 6.54 Å². The molecule has 1 saturated carbocycles. The van der Waals surface area contributed by atoms with E-state index in [2.05, 4.69) is 5.32 Å². The lowest BCUT2D eigenvalue weighted by molar-refractivity contribution is 0.206. The molecule has 3 nitrogen and oxygen atoms in total. The van der Waals surface area contributed by atoms with Crippen molar-refractivity contribution in [2.75, 3.05) is 13.6 Å². The van der Waals surface area contributed by atoms with Crippen LogP contribution in [0.15, 0.2) is 18.2 Å². The van der Waals surface area contributed by atoms with Gasteiger partial charge in [-0.3, -0.25) is 0 Å².